The van der Waals surface area contributed by atoms with Gasteiger partial charge in [0.15, 0.2) is 0 Å². The molecule has 1 saturated heterocycles. The van der Waals surface area contributed by atoms with E-state index in [9.17, 15) is 4.79 Å². The predicted molar refractivity (Wildman–Crippen MR) is 122 cm³/mol. The van der Waals surface area contributed by atoms with Crippen LogP contribution in [-0.4, -0.2) is 47.2 Å². The molecule has 4 rings (SSSR count). The smallest absolute Gasteiger partial charge is 0.251 e. The summed E-state index contributed by atoms with van der Waals surface area (Å²) in [6.45, 7) is 1.85. The fraction of sp³-hybridized carbons (Fsp3) is 0.304. The van der Waals surface area contributed by atoms with E-state index in [1.54, 1.807) is 12.1 Å². The average Bonchev–Trinajstić information content (AvgIpc) is 3.38. The lowest BCUT2D eigenvalue weighted by molar-refractivity contribution is 0.0950. The van der Waals surface area contributed by atoms with Gasteiger partial charge in [-0.1, -0.05) is 35.3 Å². The third-order valence-corrected chi connectivity index (χ3v) is 6.22. The molecule has 2 heterocycles. The minimum absolute atomic E-state index is 0.0436. The number of likely N-dealkylation sites (tertiary alicyclic amines) is 1. The summed E-state index contributed by atoms with van der Waals surface area (Å²) < 4.78 is 0. The lowest BCUT2D eigenvalue weighted by Gasteiger charge is -2.19. The molecule has 1 aliphatic heterocycles. The molecule has 5 nitrogen and oxygen atoms in total. The van der Waals surface area contributed by atoms with Crippen LogP contribution in [0.4, 0.5) is 0 Å². The summed E-state index contributed by atoms with van der Waals surface area (Å²) in [5.74, 6) is -0.0436. The first kappa shape index (κ1) is 20.9. The van der Waals surface area contributed by atoms with Gasteiger partial charge in [0, 0.05) is 34.3 Å². The molecule has 2 aromatic carbocycles. The van der Waals surface area contributed by atoms with Crippen molar-refractivity contribution in [3.8, 4) is 22.5 Å². The van der Waals surface area contributed by atoms with Gasteiger partial charge in [0.25, 0.3) is 5.91 Å². The van der Waals surface area contributed by atoms with Crippen LogP contribution in [0.5, 0.6) is 0 Å². The number of hydrogen-bond acceptors (Lipinski definition) is 3. The van der Waals surface area contributed by atoms with E-state index in [0.717, 1.165) is 35.5 Å². The molecule has 1 fully saturated rings. The fourth-order valence-corrected chi connectivity index (χ4v) is 4.42. The number of carbonyl (C=O) groups excluding carboxylic acids is 1. The molecule has 0 spiro atoms. The van der Waals surface area contributed by atoms with E-state index in [-0.39, 0.29) is 5.91 Å². The van der Waals surface area contributed by atoms with Crippen molar-refractivity contribution in [2.24, 2.45) is 0 Å². The van der Waals surface area contributed by atoms with E-state index in [2.05, 4.69) is 27.5 Å². The summed E-state index contributed by atoms with van der Waals surface area (Å²) in [5.41, 5.74) is 4.00. The topological polar surface area (TPSA) is 61.0 Å². The number of halogens is 2. The summed E-state index contributed by atoms with van der Waals surface area (Å²) in [4.78, 5) is 14.8. The average molecular weight is 443 g/mol. The van der Waals surface area contributed by atoms with Crippen LogP contribution < -0.4 is 5.32 Å². The van der Waals surface area contributed by atoms with Crippen molar-refractivity contribution in [2.45, 2.75) is 25.3 Å². The highest BCUT2D eigenvalue weighted by Crippen LogP contribution is 2.31. The summed E-state index contributed by atoms with van der Waals surface area (Å²) in [5, 5.41) is 11.6. The lowest BCUT2D eigenvalue weighted by atomic mass is 10.1. The number of aromatic amines is 1. The van der Waals surface area contributed by atoms with E-state index in [4.69, 9.17) is 23.2 Å². The summed E-state index contributed by atoms with van der Waals surface area (Å²) in [6.07, 6.45) is 3.45. The zero-order chi connectivity index (χ0) is 21.1. The van der Waals surface area contributed by atoms with Crippen molar-refractivity contribution in [2.75, 3.05) is 20.1 Å². The molecule has 0 aliphatic carbocycles. The van der Waals surface area contributed by atoms with Crippen LogP contribution in [0.25, 0.3) is 22.5 Å². The standard InChI is InChI=1S/C23H24Cl2N4O/c1-29-12-2-3-18(29)10-11-26-23(30)16-6-4-15(5-7-16)21-14-22(28-27-21)19-9-8-17(24)13-20(19)25/h4-9,13-14,18H,2-3,10-12H2,1H3,(H,26,30)(H,27,28)/t18-/m0/s1. The Hall–Kier alpha value is -2.34. The quantitative estimate of drug-likeness (QED) is 0.546. The Morgan fingerprint density at radius 3 is 2.70 bits per heavy atom. The number of aromatic nitrogens is 2. The number of H-pyrrole nitrogens is 1. The van der Waals surface area contributed by atoms with E-state index in [1.165, 1.54) is 12.8 Å². The minimum Gasteiger partial charge on any atom is -0.352 e. The van der Waals surface area contributed by atoms with Gasteiger partial charge in [0.1, 0.15) is 0 Å². The molecular weight excluding hydrogens is 419 g/mol. The normalized spacial score (nSPS) is 16.7. The maximum Gasteiger partial charge on any atom is 0.251 e. The maximum absolute atomic E-state index is 12.4. The third-order valence-electron chi connectivity index (χ3n) is 5.68. The largest absolute Gasteiger partial charge is 0.352 e. The maximum atomic E-state index is 12.4. The van der Waals surface area contributed by atoms with Crippen molar-refractivity contribution in [3.63, 3.8) is 0 Å². The van der Waals surface area contributed by atoms with Crippen molar-refractivity contribution >= 4 is 29.1 Å². The number of hydrogen-bond donors (Lipinski definition) is 2. The third kappa shape index (κ3) is 4.69. The fourth-order valence-electron chi connectivity index (χ4n) is 3.91. The van der Waals surface area contributed by atoms with Gasteiger partial charge in [0.05, 0.1) is 16.4 Å². The van der Waals surface area contributed by atoms with Gasteiger partial charge in [-0.25, -0.2) is 0 Å². The first-order valence-electron chi connectivity index (χ1n) is 10.1. The minimum atomic E-state index is -0.0436. The molecule has 0 unspecified atom stereocenters. The monoisotopic (exact) mass is 442 g/mol. The SMILES string of the molecule is CN1CCC[C@H]1CCNC(=O)c1ccc(-c2cc(-c3ccc(Cl)cc3Cl)[nH]n2)cc1. The molecule has 1 aliphatic rings. The molecule has 0 radical (unpaired) electrons. The van der Waals surface area contributed by atoms with Crippen molar-refractivity contribution in [1.29, 1.82) is 0 Å². The second kappa shape index (κ2) is 9.21. The number of amides is 1. The van der Waals surface area contributed by atoms with E-state index in [0.29, 0.717) is 28.2 Å². The number of rotatable bonds is 6. The Morgan fingerprint density at radius 1 is 1.20 bits per heavy atom. The zero-order valence-electron chi connectivity index (χ0n) is 16.8. The van der Waals surface area contributed by atoms with Gasteiger partial charge in [-0.3, -0.25) is 9.89 Å². The molecule has 1 aromatic heterocycles. The Labute approximate surface area is 186 Å². The molecule has 7 heteroatoms. The molecule has 1 atom stereocenters. The van der Waals surface area contributed by atoms with E-state index >= 15 is 0 Å². The molecule has 0 bridgehead atoms. The Morgan fingerprint density at radius 2 is 2.00 bits per heavy atom. The predicted octanol–water partition coefficient (Wildman–Crippen LogP) is 5.26. The van der Waals surface area contributed by atoms with Crippen LogP contribution in [0, 0.1) is 0 Å². The van der Waals surface area contributed by atoms with Crippen LogP contribution in [0.1, 0.15) is 29.6 Å². The molecular formula is C23H24Cl2N4O. The highest BCUT2D eigenvalue weighted by Gasteiger charge is 2.20. The van der Waals surface area contributed by atoms with Gasteiger partial charge >= 0.3 is 0 Å². The van der Waals surface area contributed by atoms with Gasteiger partial charge in [-0.05, 0) is 69.3 Å². The van der Waals surface area contributed by atoms with Crippen molar-refractivity contribution in [1.82, 2.24) is 20.4 Å². The molecule has 30 heavy (non-hydrogen) atoms. The molecule has 3 aromatic rings. The first-order chi connectivity index (χ1) is 14.5. The summed E-state index contributed by atoms with van der Waals surface area (Å²) >= 11 is 12.3. The Balaban J connectivity index is 1.38. The highest BCUT2D eigenvalue weighted by molar-refractivity contribution is 6.36. The Kier molecular flexibility index (Phi) is 6.42. The molecule has 0 saturated carbocycles. The number of benzene rings is 2. The highest BCUT2D eigenvalue weighted by atomic mass is 35.5. The van der Waals surface area contributed by atoms with E-state index < -0.39 is 0 Å². The first-order valence-corrected chi connectivity index (χ1v) is 10.9. The van der Waals surface area contributed by atoms with Crippen molar-refractivity contribution in [3.05, 3.63) is 64.1 Å². The number of nitrogens with one attached hydrogen (secondary N) is 2. The van der Waals surface area contributed by atoms with Crippen LogP contribution in [-0.2, 0) is 0 Å². The summed E-state index contributed by atoms with van der Waals surface area (Å²) in [6, 6.07) is 15.3. The van der Waals surface area contributed by atoms with Crippen LogP contribution in [0.2, 0.25) is 10.0 Å². The van der Waals surface area contributed by atoms with Gasteiger partial charge in [-0.15, -0.1) is 0 Å². The Bertz CT molecular complexity index is 1030. The van der Waals surface area contributed by atoms with Crippen LogP contribution in [0.3, 0.4) is 0 Å². The van der Waals surface area contributed by atoms with Crippen LogP contribution in [0.15, 0.2) is 48.5 Å². The number of carbonyl (C=O) groups is 1. The second-order valence-electron chi connectivity index (χ2n) is 7.69. The summed E-state index contributed by atoms with van der Waals surface area (Å²) in [7, 11) is 2.15. The van der Waals surface area contributed by atoms with Gasteiger partial charge < -0.3 is 10.2 Å². The molecule has 1 amide bonds. The van der Waals surface area contributed by atoms with Gasteiger partial charge in [0.2, 0.25) is 0 Å². The zero-order valence-corrected chi connectivity index (χ0v) is 18.3. The lowest BCUT2D eigenvalue weighted by Crippen LogP contribution is -2.31. The second-order valence-corrected chi connectivity index (χ2v) is 8.53. The number of nitrogens with zero attached hydrogens (tertiary/aromatic N) is 2. The van der Waals surface area contributed by atoms with Crippen LogP contribution >= 0.6 is 23.2 Å². The molecule has 2 N–H and O–H groups in total. The van der Waals surface area contributed by atoms with Gasteiger partial charge in [-0.2, -0.15) is 5.10 Å². The molecule has 156 valence electrons. The van der Waals surface area contributed by atoms with E-state index in [1.807, 2.05) is 36.4 Å². The van der Waals surface area contributed by atoms with Crippen molar-refractivity contribution < 1.29 is 4.79 Å².